The average molecular weight is 446 g/mol. The molecule has 0 spiro atoms. The van der Waals surface area contributed by atoms with Gasteiger partial charge in [0.25, 0.3) is 5.91 Å². The number of rotatable bonds is 5. The van der Waals surface area contributed by atoms with Gasteiger partial charge in [-0.15, -0.1) is 11.3 Å². The largest absolute Gasteiger partial charge is 0.487 e. The number of benzene rings is 2. The van der Waals surface area contributed by atoms with Gasteiger partial charge in [0.05, 0.1) is 26.2 Å². The maximum absolute atomic E-state index is 12.8. The Morgan fingerprint density at radius 1 is 1.07 bits per heavy atom. The van der Waals surface area contributed by atoms with E-state index < -0.39 is 17.6 Å². The first kappa shape index (κ1) is 20.5. The van der Waals surface area contributed by atoms with Crippen LogP contribution < -0.4 is 10.1 Å². The summed E-state index contributed by atoms with van der Waals surface area (Å²) in [5.74, 6) is -0.0488. The monoisotopic (exact) mass is 445 g/mol. The van der Waals surface area contributed by atoms with E-state index in [-0.39, 0.29) is 17.3 Å². The topological polar surface area (TPSA) is 38.3 Å². The van der Waals surface area contributed by atoms with Crippen molar-refractivity contribution in [2.24, 2.45) is 0 Å². The summed E-state index contributed by atoms with van der Waals surface area (Å²) < 4.78 is 44.1. The fourth-order valence-electron chi connectivity index (χ4n) is 2.27. The van der Waals surface area contributed by atoms with Crippen molar-refractivity contribution in [2.45, 2.75) is 12.8 Å². The predicted molar refractivity (Wildman–Crippen MR) is 105 cm³/mol. The lowest BCUT2D eigenvalue weighted by Crippen LogP contribution is -2.12. The normalized spacial score (nSPS) is 11.3. The maximum Gasteiger partial charge on any atom is 0.416 e. The average Bonchev–Trinajstić information content (AvgIpc) is 3.11. The Labute approximate surface area is 172 Å². The Balaban J connectivity index is 1.68. The molecule has 2 aromatic carbocycles. The first-order chi connectivity index (χ1) is 13.2. The minimum absolute atomic E-state index is 0.0141. The molecule has 0 saturated heterocycles. The quantitative estimate of drug-likeness (QED) is 0.463. The molecule has 0 saturated carbocycles. The van der Waals surface area contributed by atoms with Crippen molar-refractivity contribution >= 4 is 46.1 Å². The minimum atomic E-state index is -4.53. The predicted octanol–water partition coefficient (Wildman–Crippen LogP) is 6.91. The zero-order valence-electron chi connectivity index (χ0n) is 14.0. The summed E-state index contributed by atoms with van der Waals surface area (Å²) in [6.45, 7) is 0.192. The van der Waals surface area contributed by atoms with Gasteiger partial charge in [0, 0.05) is 5.56 Å². The third kappa shape index (κ3) is 4.98. The number of halogens is 5. The van der Waals surface area contributed by atoms with Crippen LogP contribution in [0.5, 0.6) is 5.75 Å². The van der Waals surface area contributed by atoms with Gasteiger partial charge in [-0.05, 0) is 41.8 Å². The molecule has 28 heavy (non-hydrogen) atoms. The van der Waals surface area contributed by atoms with Gasteiger partial charge >= 0.3 is 6.18 Å². The molecule has 3 aromatic rings. The minimum Gasteiger partial charge on any atom is -0.487 e. The summed E-state index contributed by atoms with van der Waals surface area (Å²) in [5.41, 5.74) is -0.277. The van der Waals surface area contributed by atoms with Gasteiger partial charge in [-0.3, -0.25) is 4.79 Å². The van der Waals surface area contributed by atoms with Crippen LogP contribution in [0.2, 0.25) is 10.0 Å². The fraction of sp³-hybridized carbons (Fsp3) is 0.105. The van der Waals surface area contributed by atoms with E-state index in [2.05, 4.69) is 5.32 Å². The van der Waals surface area contributed by atoms with Crippen molar-refractivity contribution < 1.29 is 22.7 Å². The number of anilines is 1. The Hall–Kier alpha value is -2.22. The van der Waals surface area contributed by atoms with E-state index in [1.54, 1.807) is 35.7 Å². The SMILES string of the molecule is O=C(Nc1cc(C(F)(F)F)ccc1Cl)c1cc(COc2ccccc2Cl)cs1. The number of thiophene rings is 1. The maximum atomic E-state index is 12.8. The molecule has 9 heteroatoms. The van der Waals surface area contributed by atoms with E-state index in [4.69, 9.17) is 27.9 Å². The van der Waals surface area contributed by atoms with Crippen LogP contribution in [-0.2, 0) is 12.8 Å². The molecule has 0 bridgehead atoms. The number of carbonyl (C=O) groups excluding carboxylic acids is 1. The van der Waals surface area contributed by atoms with Crippen LogP contribution in [0, 0.1) is 0 Å². The van der Waals surface area contributed by atoms with E-state index in [1.165, 1.54) is 0 Å². The molecule has 0 radical (unpaired) electrons. The highest BCUT2D eigenvalue weighted by atomic mass is 35.5. The summed E-state index contributed by atoms with van der Waals surface area (Å²) in [5, 5.41) is 4.62. The first-order valence-electron chi connectivity index (χ1n) is 7.87. The molecule has 146 valence electrons. The fourth-order valence-corrected chi connectivity index (χ4v) is 3.42. The molecule has 0 aliphatic carbocycles. The molecule has 0 aliphatic rings. The zero-order chi connectivity index (χ0) is 20.3. The standard InChI is InChI=1S/C19H12Cl2F3NO2S/c20-13-6-5-12(19(22,23)24)8-15(13)25-18(26)17-7-11(10-28-17)9-27-16-4-2-1-3-14(16)21/h1-8,10H,9H2,(H,25,26). The van der Waals surface area contributed by atoms with Crippen molar-refractivity contribution in [1.29, 1.82) is 0 Å². The molecule has 0 fully saturated rings. The van der Waals surface area contributed by atoms with Crippen LogP contribution in [-0.4, -0.2) is 5.91 Å². The number of carbonyl (C=O) groups is 1. The summed E-state index contributed by atoms with van der Waals surface area (Å²) in [4.78, 5) is 12.7. The van der Waals surface area contributed by atoms with Gasteiger partial charge < -0.3 is 10.1 Å². The van der Waals surface area contributed by atoms with Gasteiger partial charge in [-0.2, -0.15) is 13.2 Å². The third-order valence-electron chi connectivity index (χ3n) is 3.65. The number of ether oxygens (including phenoxy) is 1. The highest BCUT2D eigenvalue weighted by molar-refractivity contribution is 7.12. The van der Waals surface area contributed by atoms with E-state index in [0.717, 1.165) is 35.1 Å². The second kappa shape index (κ2) is 8.43. The van der Waals surface area contributed by atoms with Crippen molar-refractivity contribution in [3.05, 3.63) is 80.0 Å². The van der Waals surface area contributed by atoms with Crippen molar-refractivity contribution in [1.82, 2.24) is 0 Å². The number of nitrogens with one attached hydrogen (secondary N) is 1. The van der Waals surface area contributed by atoms with E-state index in [0.29, 0.717) is 15.6 Å². The molecule has 1 aromatic heterocycles. The molecule has 1 N–H and O–H groups in total. The lowest BCUT2D eigenvalue weighted by Gasteiger charge is -2.11. The lowest BCUT2D eigenvalue weighted by atomic mass is 10.2. The van der Waals surface area contributed by atoms with Crippen molar-refractivity contribution in [2.75, 3.05) is 5.32 Å². The lowest BCUT2D eigenvalue weighted by molar-refractivity contribution is -0.137. The van der Waals surface area contributed by atoms with Crippen LogP contribution in [0.1, 0.15) is 20.8 Å². The first-order valence-corrected chi connectivity index (χ1v) is 9.50. The molecule has 1 amide bonds. The van der Waals surface area contributed by atoms with Crippen molar-refractivity contribution in [3.8, 4) is 5.75 Å². The van der Waals surface area contributed by atoms with E-state index in [9.17, 15) is 18.0 Å². The van der Waals surface area contributed by atoms with Crippen LogP contribution in [0.4, 0.5) is 18.9 Å². The molecule has 0 unspecified atom stereocenters. The van der Waals surface area contributed by atoms with Gasteiger partial charge in [0.15, 0.2) is 0 Å². The molecule has 0 atom stereocenters. The highest BCUT2D eigenvalue weighted by Gasteiger charge is 2.31. The number of alkyl halides is 3. The van der Waals surface area contributed by atoms with Gasteiger partial charge in [0.1, 0.15) is 12.4 Å². The van der Waals surface area contributed by atoms with Crippen LogP contribution in [0.15, 0.2) is 53.9 Å². The van der Waals surface area contributed by atoms with Crippen LogP contribution in [0.3, 0.4) is 0 Å². The molecule has 3 rings (SSSR count). The summed E-state index contributed by atoms with van der Waals surface area (Å²) in [7, 11) is 0. The molecular weight excluding hydrogens is 434 g/mol. The Bertz CT molecular complexity index is 1000. The second-order valence-corrected chi connectivity index (χ2v) is 7.41. The third-order valence-corrected chi connectivity index (χ3v) is 5.27. The van der Waals surface area contributed by atoms with Gasteiger partial charge in [-0.25, -0.2) is 0 Å². The number of hydrogen-bond acceptors (Lipinski definition) is 3. The van der Waals surface area contributed by atoms with E-state index in [1.807, 2.05) is 0 Å². The summed E-state index contributed by atoms with van der Waals surface area (Å²) in [6, 6.07) is 11.3. The number of para-hydroxylation sites is 1. The van der Waals surface area contributed by atoms with Gasteiger partial charge in [0.2, 0.25) is 0 Å². The van der Waals surface area contributed by atoms with Crippen LogP contribution in [0.25, 0.3) is 0 Å². The summed E-state index contributed by atoms with van der Waals surface area (Å²) in [6.07, 6.45) is -4.53. The molecular formula is C19H12Cl2F3NO2S. The smallest absolute Gasteiger partial charge is 0.416 e. The van der Waals surface area contributed by atoms with Crippen molar-refractivity contribution in [3.63, 3.8) is 0 Å². The molecule has 3 nitrogen and oxygen atoms in total. The number of amides is 1. The molecule has 1 heterocycles. The zero-order valence-corrected chi connectivity index (χ0v) is 16.3. The van der Waals surface area contributed by atoms with Gasteiger partial charge in [-0.1, -0.05) is 35.3 Å². The Kier molecular flexibility index (Phi) is 6.17. The second-order valence-electron chi connectivity index (χ2n) is 5.68. The Morgan fingerprint density at radius 3 is 2.54 bits per heavy atom. The summed E-state index contributed by atoms with van der Waals surface area (Å²) >= 11 is 13.1. The highest BCUT2D eigenvalue weighted by Crippen LogP contribution is 2.34. The van der Waals surface area contributed by atoms with Crippen LogP contribution >= 0.6 is 34.5 Å². The number of hydrogen-bond donors (Lipinski definition) is 1. The molecule has 0 aliphatic heterocycles. The van der Waals surface area contributed by atoms with E-state index >= 15 is 0 Å². The Morgan fingerprint density at radius 2 is 1.82 bits per heavy atom.